The van der Waals surface area contributed by atoms with E-state index < -0.39 is 0 Å². The zero-order valence-corrected chi connectivity index (χ0v) is 10.4. The summed E-state index contributed by atoms with van der Waals surface area (Å²) in [5.41, 5.74) is 4.07. The summed E-state index contributed by atoms with van der Waals surface area (Å²) in [6, 6.07) is 6.32. The van der Waals surface area contributed by atoms with Gasteiger partial charge in [-0.15, -0.1) is 0 Å². The van der Waals surface area contributed by atoms with Gasteiger partial charge in [0, 0.05) is 36.1 Å². The van der Waals surface area contributed by atoms with Crippen LogP contribution >= 0.6 is 0 Å². The summed E-state index contributed by atoms with van der Waals surface area (Å²) in [6.45, 7) is 4.91. The molecule has 17 heavy (non-hydrogen) atoms. The minimum atomic E-state index is 0.720. The lowest BCUT2D eigenvalue weighted by molar-refractivity contribution is 0.313. The fourth-order valence-electron chi connectivity index (χ4n) is 2.58. The number of aromatic amines is 1. The molecule has 1 N–H and O–H groups in total. The van der Waals surface area contributed by atoms with Gasteiger partial charge < -0.3 is 14.6 Å². The minimum absolute atomic E-state index is 0.720. The molecule has 3 rings (SSSR count). The molecule has 0 atom stereocenters. The summed E-state index contributed by atoms with van der Waals surface area (Å²) in [6.07, 6.45) is 1.12. The highest BCUT2D eigenvalue weighted by Crippen LogP contribution is 2.29. The predicted molar refractivity (Wildman–Crippen MR) is 69.5 cm³/mol. The maximum absolute atomic E-state index is 5.57. The van der Waals surface area contributed by atoms with Crippen LogP contribution in [0.5, 0.6) is 5.75 Å². The molecular formula is C14H18N2O. The highest BCUT2D eigenvalue weighted by Gasteiger charge is 2.18. The third-order valence-electron chi connectivity index (χ3n) is 3.45. The Bertz CT molecular complexity index is 544. The van der Waals surface area contributed by atoms with Crippen molar-refractivity contribution in [1.82, 2.24) is 9.88 Å². The summed E-state index contributed by atoms with van der Waals surface area (Å²) in [7, 11) is 2.17. The number of hydrogen-bond donors (Lipinski definition) is 1. The van der Waals surface area contributed by atoms with Crippen LogP contribution in [0.15, 0.2) is 18.2 Å². The molecule has 1 aliphatic rings. The van der Waals surface area contributed by atoms with Crippen LogP contribution in [-0.2, 0) is 13.0 Å². The first-order chi connectivity index (χ1) is 8.28. The van der Waals surface area contributed by atoms with E-state index in [0.29, 0.717) is 0 Å². The molecule has 0 saturated carbocycles. The van der Waals surface area contributed by atoms with E-state index >= 15 is 0 Å². The number of aromatic nitrogens is 1. The van der Waals surface area contributed by atoms with Crippen LogP contribution in [0.3, 0.4) is 0 Å². The lowest BCUT2D eigenvalue weighted by Crippen LogP contribution is -2.25. The van der Waals surface area contributed by atoms with Gasteiger partial charge in [0.15, 0.2) is 0 Å². The van der Waals surface area contributed by atoms with Crippen molar-refractivity contribution in [2.45, 2.75) is 19.9 Å². The molecule has 0 radical (unpaired) electrons. The van der Waals surface area contributed by atoms with Crippen LogP contribution in [0.1, 0.15) is 18.2 Å². The predicted octanol–water partition coefficient (Wildman–Crippen LogP) is 2.55. The van der Waals surface area contributed by atoms with E-state index in [1.807, 2.05) is 13.0 Å². The molecule has 0 saturated heterocycles. The molecule has 2 heterocycles. The second kappa shape index (κ2) is 4.08. The van der Waals surface area contributed by atoms with Crippen molar-refractivity contribution < 1.29 is 4.74 Å². The van der Waals surface area contributed by atoms with Gasteiger partial charge in [0.1, 0.15) is 5.75 Å². The Labute approximate surface area is 101 Å². The van der Waals surface area contributed by atoms with Gasteiger partial charge in [-0.3, -0.25) is 0 Å². The molecule has 0 aliphatic carbocycles. The maximum atomic E-state index is 5.57. The molecule has 1 aromatic carbocycles. The van der Waals surface area contributed by atoms with Crippen LogP contribution in [0, 0.1) is 0 Å². The van der Waals surface area contributed by atoms with E-state index in [0.717, 1.165) is 31.9 Å². The normalized spacial score (nSPS) is 16.1. The molecule has 2 aromatic rings. The highest BCUT2D eigenvalue weighted by atomic mass is 16.5. The van der Waals surface area contributed by atoms with Gasteiger partial charge in [-0.1, -0.05) is 0 Å². The second-order valence-corrected chi connectivity index (χ2v) is 4.71. The standard InChI is InChI=1S/C14H18N2O/c1-3-17-10-4-5-13-11(8-10)12-9-16(2)7-6-14(12)15-13/h4-5,8,15H,3,6-7,9H2,1-2H3. The maximum Gasteiger partial charge on any atom is 0.120 e. The van der Waals surface area contributed by atoms with Gasteiger partial charge in [0.05, 0.1) is 6.61 Å². The third kappa shape index (κ3) is 1.80. The highest BCUT2D eigenvalue weighted by molar-refractivity contribution is 5.86. The number of likely N-dealkylation sites (N-methyl/N-ethyl adjacent to an activating group) is 1. The molecule has 0 amide bonds. The van der Waals surface area contributed by atoms with Crippen LogP contribution in [0.2, 0.25) is 0 Å². The molecule has 3 heteroatoms. The summed E-state index contributed by atoms with van der Waals surface area (Å²) in [5.74, 6) is 0.968. The summed E-state index contributed by atoms with van der Waals surface area (Å²) in [5, 5.41) is 1.32. The molecular weight excluding hydrogens is 212 g/mol. The number of nitrogens with zero attached hydrogens (tertiary/aromatic N) is 1. The van der Waals surface area contributed by atoms with Gasteiger partial charge in [-0.25, -0.2) is 0 Å². The first kappa shape index (κ1) is 10.7. The third-order valence-corrected chi connectivity index (χ3v) is 3.45. The number of hydrogen-bond acceptors (Lipinski definition) is 2. The topological polar surface area (TPSA) is 28.3 Å². The van der Waals surface area contributed by atoms with Crippen LogP contribution < -0.4 is 4.74 Å². The van der Waals surface area contributed by atoms with Gasteiger partial charge >= 0.3 is 0 Å². The SMILES string of the molecule is CCOc1ccc2[nH]c3c(c2c1)CN(C)CC3. The van der Waals surface area contributed by atoms with Crippen molar-refractivity contribution in [3.05, 3.63) is 29.5 Å². The molecule has 90 valence electrons. The van der Waals surface area contributed by atoms with Crippen molar-refractivity contribution in [2.75, 3.05) is 20.2 Å². The van der Waals surface area contributed by atoms with Crippen LogP contribution in [0.25, 0.3) is 10.9 Å². The number of rotatable bonds is 2. The molecule has 3 nitrogen and oxygen atoms in total. The Morgan fingerprint density at radius 2 is 2.29 bits per heavy atom. The number of benzene rings is 1. The fraction of sp³-hybridized carbons (Fsp3) is 0.429. The van der Waals surface area contributed by atoms with Gasteiger partial charge in [0.25, 0.3) is 0 Å². The van der Waals surface area contributed by atoms with Crippen molar-refractivity contribution in [2.24, 2.45) is 0 Å². The number of H-pyrrole nitrogens is 1. The van der Waals surface area contributed by atoms with E-state index in [2.05, 4.69) is 29.1 Å². The van der Waals surface area contributed by atoms with Gasteiger partial charge in [0.2, 0.25) is 0 Å². The quantitative estimate of drug-likeness (QED) is 0.858. The number of nitrogens with one attached hydrogen (secondary N) is 1. The lowest BCUT2D eigenvalue weighted by atomic mass is 10.1. The first-order valence-corrected chi connectivity index (χ1v) is 6.22. The van der Waals surface area contributed by atoms with E-state index in [9.17, 15) is 0 Å². The van der Waals surface area contributed by atoms with Crippen LogP contribution in [0.4, 0.5) is 0 Å². The van der Waals surface area contributed by atoms with Crippen molar-refractivity contribution in [3.63, 3.8) is 0 Å². The number of fused-ring (bicyclic) bond motifs is 3. The first-order valence-electron chi connectivity index (χ1n) is 6.22. The number of ether oxygens (including phenoxy) is 1. The van der Waals surface area contributed by atoms with E-state index in [1.54, 1.807) is 0 Å². The van der Waals surface area contributed by atoms with Crippen molar-refractivity contribution in [3.8, 4) is 5.75 Å². The zero-order valence-electron chi connectivity index (χ0n) is 10.4. The van der Waals surface area contributed by atoms with E-state index in [4.69, 9.17) is 4.74 Å². The average Bonchev–Trinajstić information content (AvgIpc) is 2.67. The molecule has 1 aliphatic heterocycles. The molecule has 0 spiro atoms. The Balaban J connectivity index is 2.11. The fourth-order valence-corrected chi connectivity index (χ4v) is 2.58. The van der Waals surface area contributed by atoms with E-state index in [-0.39, 0.29) is 0 Å². The molecule has 0 fully saturated rings. The average molecular weight is 230 g/mol. The van der Waals surface area contributed by atoms with Crippen LogP contribution in [-0.4, -0.2) is 30.1 Å². The van der Waals surface area contributed by atoms with Gasteiger partial charge in [-0.05, 0) is 37.7 Å². The molecule has 1 aromatic heterocycles. The Morgan fingerprint density at radius 1 is 1.41 bits per heavy atom. The smallest absolute Gasteiger partial charge is 0.120 e. The summed E-state index contributed by atoms with van der Waals surface area (Å²) >= 11 is 0. The van der Waals surface area contributed by atoms with Gasteiger partial charge in [-0.2, -0.15) is 0 Å². The second-order valence-electron chi connectivity index (χ2n) is 4.71. The largest absolute Gasteiger partial charge is 0.494 e. The zero-order chi connectivity index (χ0) is 11.8. The van der Waals surface area contributed by atoms with E-state index in [1.165, 1.54) is 22.2 Å². The summed E-state index contributed by atoms with van der Waals surface area (Å²) < 4.78 is 5.57. The van der Waals surface area contributed by atoms with Crippen molar-refractivity contribution >= 4 is 10.9 Å². The molecule has 0 bridgehead atoms. The minimum Gasteiger partial charge on any atom is -0.494 e. The lowest BCUT2D eigenvalue weighted by Gasteiger charge is -2.22. The Morgan fingerprint density at radius 3 is 3.12 bits per heavy atom. The van der Waals surface area contributed by atoms with Crippen molar-refractivity contribution in [1.29, 1.82) is 0 Å². The summed E-state index contributed by atoms with van der Waals surface area (Å²) in [4.78, 5) is 5.89. The molecule has 0 unspecified atom stereocenters. The monoisotopic (exact) mass is 230 g/mol. The Hall–Kier alpha value is -1.48. The Kier molecular flexibility index (Phi) is 2.56.